The number of ketones is 1. The van der Waals surface area contributed by atoms with Crippen LogP contribution in [0.15, 0.2) is 48.7 Å². The first-order valence-corrected chi connectivity index (χ1v) is 12.4. The normalized spacial score (nSPS) is 20.7. The SMILES string of the molecule is COc1cccc(F)c1-c1nccc(C(=O)Cc2ccc(N3CCC3)cc2N2C[C@H]3CC[C@@H]2C3)n1. The fraction of sp³-hybridized carbons (Fsp3) is 0.393. The first-order chi connectivity index (χ1) is 17.1. The number of halogens is 1. The van der Waals surface area contributed by atoms with Crippen LogP contribution in [0.25, 0.3) is 11.4 Å². The Labute approximate surface area is 204 Å². The summed E-state index contributed by atoms with van der Waals surface area (Å²) in [6.45, 7) is 3.25. The number of carbonyl (C=O) groups is 1. The number of Topliss-reactive ketones (excluding diaryl/α,β-unsaturated/α-hetero) is 1. The van der Waals surface area contributed by atoms with Gasteiger partial charge < -0.3 is 14.5 Å². The van der Waals surface area contributed by atoms with Gasteiger partial charge in [0.25, 0.3) is 0 Å². The molecule has 2 bridgehead atoms. The monoisotopic (exact) mass is 472 g/mol. The highest BCUT2D eigenvalue weighted by Gasteiger charge is 2.39. The zero-order valence-electron chi connectivity index (χ0n) is 19.9. The lowest BCUT2D eigenvalue weighted by atomic mass is 10.0. The van der Waals surface area contributed by atoms with E-state index in [4.69, 9.17) is 4.74 Å². The van der Waals surface area contributed by atoms with Crippen molar-refractivity contribution in [3.63, 3.8) is 0 Å². The molecule has 7 heteroatoms. The average Bonchev–Trinajstić information content (AvgIpc) is 3.47. The summed E-state index contributed by atoms with van der Waals surface area (Å²) in [5.41, 5.74) is 3.88. The van der Waals surface area contributed by atoms with Crippen LogP contribution in [0, 0.1) is 11.7 Å². The minimum absolute atomic E-state index is 0.105. The van der Waals surface area contributed by atoms with Gasteiger partial charge in [0.2, 0.25) is 0 Å². The maximum atomic E-state index is 14.6. The first kappa shape index (κ1) is 22.0. The summed E-state index contributed by atoms with van der Waals surface area (Å²) in [5, 5.41) is 0. The Morgan fingerprint density at radius 2 is 2.06 bits per heavy atom. The number of anilines is 2. The molecule has 3 fully saturated rings. The molecule has 3 aliphatic rings. The highest BCUT2D eigenvalue weighted by molar-refractivity contribution is 5.97. The van der Waals surface area contributed by atoms with Gasteiger partial charge in [-0.15, -0.1) is 0 Å². The van der Waals surface area contributed by atoms with Crippen LogP contribution in [0.4, 0.5) is 15.8 Å². The van der Waals surface area contributed by atoms with Gasteiger partial charge in [-0.2, -0.15) is 0 Å². The third-order valence-corrected chi connectivity index (χ3v) is 7.72. The summed E-state index contributed by atoms with van der Waals surface area (Å²) < 4.78 is 19.9. The molecule has 2 atom stereocenters. The lowest BCUT2D eigenvalue weighted by molar-refractivity contribution is 0.0988. The summed E-state index contributed by atoms with van der Waals surface area (Å²) in [7, 11) is 1.48. The molecule has 2 saturated heterocycles. The van der Waals surface area contributed by atoms with Crippen molar-refractivity contribution in [2.24, 2.45) is 5.92 Å². The van der Waals surface area contributed by atoms with E-state index >= 15 is 0 Å². The summed E-state index contributed by atoms with van der Waals surface area (Å²) in [5.74, 6) is 0.656. The second-order valence-corrected chi connectivity index (χ2v) is 9.82. The van der Waals surface area contributed by atoms with Gasteiger partial charge in [0.15, 0.2) is 11.6 Å². The number of aromatic nitrogens is 2. The number of carbonyl (C=O) groups excluding carboxylic acids is 1. The number of fused-ring (bicyclic) bond motifs is 2. The highest BCUT2D eigenvalue weighted by atomic mass is 19.1. The Hall–Kier alpha value is -3.48. The Balaban J connectivity index is 1.31. The highest BCUT2D eigenvalue weighted by Crippen LogP contribution is 2.43. The summed E-state index contributed by atoms with van der Waals surface area (Å²) >= 11 is 0. The Kier molecular flexibility index (Phi) is 5.63. The molecule has 180 valence electrons. The van der Waals surface area contributed by atoms with Gasteiger partial charge in [0.1, 0.15) is 17.3 Å². The summed E-state index contributed by atoms with van der Waals surface area (Å²) in [6, 6.07) is 13.3. The van der Waals surface area contributed by atoms with E-state index in [1.807, 2.05) is 0 Å². The van der Waals surface area contributed by atoms with Crippen LogP contribution in [0.2, 0.25) is 0 Å². The molecule has 2 aliphatic heterocycles. The predicted octanol–water partition coefficient (Wildman–Crippen LogP) is 4.92. The molecule has 2 aromatic carbocycles. The van der Waals surface area contributed by atoms with Gasteiger partial charge in [-0.3, -0.25) is 4.79 Å². The van der Waals surface area contributed by atoms with Crippen LogP contribution >= 0.6 is 0 Å². The third kappa shape index (κ3) is 4.03. The van der Waals surface area contributed by atoms with Crippen LogP contribution in [-0.2, 0) is 6.42 Å². The Bertz CT molecular complexity index is 1280. The van der Waals surface area contributed by atoms with Crippen LogP contribution in [0.1, 0.15) is 41.7 Å². The van der Waals surface area contributed by atoms with Crippen LogP contribution < -0.4 is 14.5 Å². The first-order valence-electron chi connectivity index (χ1n) is 12.4. The molecule has 1 saturated carbocycles. The van der Waals surface area contributed by atoms with Gasteiger partial charge in [-0.25, -0.2) is 14.4 Å². The Morgan fingerprint density at radius 3 is 2.77 bits per heavy atom. The molecule has 0 radical (unpaired) electrons. The number of nitrogens with zero attached hydrogens (tertiary/aromatic N) is 4. The molecular formula is C28H29FN4O2. The summed E-state index contributed by atoms with van der Waals surface area (Å²) in [6.07, 6.45) is 6.77. The van der Waals surface area contributed by atoms with Crippen molar-refractivity contribution in [3.8, 4) is 17.1 Å². The minimum atomic E-state index is -0.484. The maximum absolute atomic E-state index is 14.6. The fourth-order valence-corrected chi connectivity index (χ4v) is 5.75. The van der Waals surface area contributed by atoms with Gasteiger partial charge >= 0.3 is 0 Å². The van der Waals surface area contributed by atoms with Crippen molar-refractivity contribution in [1.82, 2.24) is 9.97 Å². The number of rotatable bonds is 7. The molecular weight excluding hydrogens is 443 g/mol. The van der Waals surface area contributed by atoms with E-state index in [-0.39, 0.29) is 29.3 Å². The fourth-order valence-electron chi connectivity index (χ4n) is 5.75. The van der Waals surface area contributed by atoms with E-state index in [1.165, 1.54) is 56.4 Å². The standard InChI is InChI=1S/C28H29FN4O2/c1-35-26-5-2-4-22(29)27(26)28-30-11-10-23(31-28)25(34)15-19-7-9-20(32-12-3-13-32)16-24(19)33-17-18-6-8-21(33)14-18/h2,4-5,7,9-11,16,18,21H,3,6,8,12-15,17H2,1H3/t18-,21+/m0/s1. The van der Waals surface area contributed by atoms with E-state index in [0.717, 1.165) is 31.1 Å². The molecule has 0 unspecified atom stereocenters. The van der Waals surface area contributed by atoms with Crippen molar-refractivity contribution in [2.45, 2.75) is 38.1 Å². The molecule has 3 heterocycles. The van der Waals surface area contributed by atoms with Crippen molar-refractivity contribution in [2.75, 3.05) is 36.5 Å². The van der Waals surface area contributed by atoms with Gasteiger partial charge in [0.05, 0.1) is 12.7 Å². The smallest absolute Gasteiger partial charge is 0.185 e. The van der Waals surface area contributed by atoms with Gasteiger partial charge in [-0.1, -0.05) is 12.1 Å². The number of hydrogen-bond donors (Lipinski definition) is 0. The second kappa shape index (κ2) is 8.95. The maximum Gasteiger partial charge on any atom is 0.185 e. The number of benzene rings is 2. The second-order valence-electron chi connectivity index (χ2n) is 9.82. The van der Waals surface area contributed by atoms with Crippen LogP contribution in [-0.4, -0.2) is 48.5 Å². The Morgan fingerprint density at radius 1 is 1.17 bits per heavy atom. The van der Waals surface area contributed by atoms with Crippen molar-refractivity contribution < 1.29 is 13.9 Å². The number of methoxy groups -OCH3 is 1. The van der Waals surface area contributed by atoms with E-state index in [0.29, 0.717) is 11.8 Å². The van der Waals surface area contributed by atoms with Crippen molar-refractivity contribution in [1.29, 1.82) is 0 Å². The van der Waals surface area contributed by atoms with Crippen LogP contribution in [0.5, 0.6) is 5.75 Å². The third-order valence-electron chi connectivity index (χ3n) is 7.72. The molecule has 35 heavy (non-hydrogen) atoms. The van der Waals surface area contributed by atoms with Crippen molar-refractivity contribution >= 4 is 17.2 Å². The largest absolute Gasteiger partial charge is 0.496 e. The molecule has 1 aliphatic carbocycles. The minimum Gasteiger partial charge on any atom is -0.496 e. The lowest BCUT2D eigenvalue weighted by Crippen LogP contribution is -2.37. The molecule has 0 N–H and O–H groups in total. The van der Waals surface area contributed by atoms with E-state index in [1.54, 1.807) is 18.2 Å². The molecule has 6 nitrogen and oxygen atoms in total. The molecule has 0 amide bonds. The number of hydrogen-bond acceptors (Lipinski definition) is 6. The van der Waals surface area contributed by atoms with Crippen molar-refractivity contribution in [3.05, 3.63) is 65.7 Å². The topological polar surface area (TPSA) is 58.6 Å². The molecule has 3 aromatic rings. The van der Waals surface area contributed by atoms with E-state index < -0.39 is 5.82 Å². The summed E-state index contributed by atoms with van der Waals surface area (Å²) in [4.78, 5) is 27.0. The van der Waals surface area contributed by atoms with E-state index in [9.17, 15) is 9.18 Å². The van der Waals surface area contributed by atoms with Gasteiger partial charge in [-0.05, 0) is 67.5 Å². The number of ether oxygens (including phenoxy) is 1. The lowest BCUT2D eigenvalue weighted by Gasteiger charge is -2.36. The average molecular weight is 473 g/mol. The predicted molar refractivity (Wildman–Crippen MR) is 134 cm³/mol. The molecule has 6 rings (SSSR count). The number of piperidine rings is 1. The van der Waals surface area contributed by atoms with Gasteiger partial charge in [0, 0.05) is 49.7 Å². The zero-order chi connectivity index (χ0) is 23.9. The zero-order valence-corrected chi connectivity index (χ0v) is 19.9. The quantitative estimate of drug-likeness (QED) is 0.455. The van der Waals surface area contributed by atoms with Crippen LogP contribution in [0.3, 0.4) is 0 Å². The van der Waals surface area contributed by atoms with E-state index in [2.05, 4.69) is 38.0 Å². The molecule has 0 spiro atoms. The molecule has 1 aromatic heterocycles.